The second-order valence-electron chi connectivity index (χ2n) is 12.8. The minimum atomic E-state index is 0.504. The number of rotatable bonds is 4. The summed E-state index contributed by atoms with van der Waals surface area (Å²) in [6, 6.07) is 0. The zero-order valence-electron chi connectivity index (χ0n) is 21.9. The first-order valence-electron chi connectivity index (χ1n) is 11.2. The summed E-state index contributed by atoms with van der Waals surface area (Å²) in [5.74, 6) is 3.39. The molecule has 0 aliphatic rings. The lowest BCUT2D eigenvalue weighted by Gasteiger charge is -2.25. The molecule has 0 aromatic rings. The average Bonchev–Trinajstić information content (AvgIpc) is 2.32. The van der Waals surface area contributed by atoms with Gasteiger partial charge in [0.25, 0.3) is 0 Å². The van der Waals surface area contributed by atoms with E-state index in [-0.39, 0.29) is 0 Å². The van der Waals surface area contributed by atoms with E-state index < -0.39 is 0 Å². The lowest BCUT2D eigenvalue weighted by Crippen LogP contribution is -2.15. The molecule has 0 N–H and O–H groups in total. The van der Waals surface area contributed by atoms with Gasteiger partial charge in [0.2, 0.25) is 0 Å². The maximum Gasteiger partial charge on any atom is -0.0357 e. The van der Waals surface area contributed by atoms with Gasteiger partial charge in [0.05, 0.1) is 0 Å². The monoisotopic (exact) mass is 370 g/mol. The largest absolute Gasteiger partial charge is 0.0651 e. The third-order valence-electron chi connectivity index (χ3n) is 5.18. The Balaban J connectivity index is -0.000000308. The topological polar surface area (TPSA) is 0 Å². The second-order valence-corrected chi connectivity index (χ2v) is 12.8. The third-order valence-corrected chi connectivity index (χ3v) is 5.18. The highest BCUT2D eigenvalue weighted by molar-refractivity contribution is 4.68. The van der Waals surface area contributed by atoms with Gasteiger partial charge in [0, 0.05) is 0 Å². The molecular formula is C26H58. The van der Waals surface area contributed by atoms with E-state index in [0.29, 0.717) is 16.2 Å². The highest BCUT2D eigenvalue weighted by Gasteiger charge is 2.17. The smallest absolute Gasteiger partial charge is 0.0357 e. The molecule has 26 heavy (non-hydrogen) atoms. The lowest BCUT2D eigenvalue weighted by molar-refractivity contribution is 0.254. The first-order chi connectivity index (χ1) is 11.2. The molecule has 0 heteroatoms. The predicted octanol–water partition coefficient (Wildman–Crippen LogP) is 9.87. The van der Waals surface area contributed by atoms with Gasteiger partial charge in [-0.1, -0.05) is 117 Å². The zero-order chi connectivity index (χ0) is 21.9. The van der Waals surface area contributed by atoms with Crippen molar-refractivity contribution in [3.8, 4) is 0 Å². The molecule has 162 valence electrons. The Kier molecular flexibility index (Phi) is 15.6. The quantitative estimate of drug-likeness (QED) is 0.461. The molecule has 0 rings (SSSR count). The van der Waals surface area contributed by atoms with Gasteiger partial charge in [0.1, 0.15) is 0 Å². The first-order valence-corrected chi connectivity index (χ1v) is 11.2. The molecule has 0 aliphatic heterocycles. The highest BCUT2D eigenvalue weighted by atomic mass is 14.2. The molecule has 0 heterocycles. The van der Waals surface area contributed by atoms with Crippen LogP contribution in [0.4, 0.5) is 0 Å². The van der Waals surface area contributed by atoms with E-state index in [1.54, 1.807) is 0 Å². The first kappa shape index (κ1) is 30.7. The zero-order valence-corrected chi connectivity index (χ0v) is 21.9. The van der Waals surface area contributed by atoms with Crippen molar-refractivity contribution in [2.45, 2.75) is 130 Å². The molecule has 0 aliphatic carbocycles. The average molecular weight is 371 g/mol. The van der Waals surface area contributed by atoms with Gasteiger partial charge in [-0.05, 0) is 52.8 Å². The Morgan fingerprint density at radius 1 is 0.577 bits per heavy atom. The van der Waals surface area contributed by atoms with Crippen LogP contribution in [0, 0.1) is 39.9 Å². The van der Waals surface area contributed by atoms with Crippen LogP contribution in [0.5, 0.6) is 0 Å². The molecular weight excluding hydrogens is 312 g/mol. The molecule has 0 saturated carbocycles. The molecule has 0 spiro atoms. The minimum absolute atomic E-state index is 0.504. The van der Waals surface area contributed by atoms with Gasteiger partial charge >= 0.3 is 0 Å². The summed E-state index contributed by atoms with van der Waals surface area (Å²) in [4.78, 5) is 0. The standard InChI is InChI=1S/C10H22.2C8H18/c1-8(2)9(3)7-10(4,5)6;1-7(2)6-8(3,4)5;1-6-7(2)8(3,4)5/h8-9H,7H2,1-6H3;2*7H,6H2,1-5H3. The van der Waals surface area contributed by atoms with E-state index in [1.165, 1.54) is 19.3 Å². The fourth-order valence-corrected chi connectivity index (χ4v) is 3.04. The van der Waals surface area contributed by atoms with Gasteiger partial charge in [-0.15, -0.1) is 0 Å². The van der Waals surface area contributed by atoms with E-state index in [1.807, 2.05) is 0 Å². The summed E-state index contributed by atoms with van der Waals surface area (Å²) in [5.41, 5.74) is 1.53. The van der Waals surface area contributed by atoms with Crippen LogP contribution in [-0.4, -0.2) is 0 Å². The maximum absolute atomic E-state index is 2.34. The van der Waals surface area contributed by atoms with Crippen LogP contribution in [0.2, 0.25) is 0 Å². The van der Waals surface area contributed by atoms with Crippen LogP contribution in [0.1, 0.15) is 130 Å². The Morgan fingerprint density at radius 2 is 0.923 bits per heavy atom. The Hall–Kier alpha value is 0. The van der Waals surface area contributed by atoms with Gasteiger partial charge in [-0.3, -0.25) is 0 Å². The van der Waals surface area contributed by atoms with Crippen molar-refractivity contribution in [2.75, 3.05) is 0 Å². The summed E-state index contributed by atoms with van der Waals surface area (Å²) in [5, 5.41) is 0. The molecule has 2 unspecified atom stereocenters. The molecule has 0 radical (unpaired) electrons. The van der Waals surface area contributed by atoms with E-state index in [0.717, 1.165) is 23.7 Å². The van der Waals surface area contributed by atoms with Crippen molar-refractivity contribution in [1.82, 2.24) is 0 Å². The Bertz CT molecular complexity index is 300. The maximum atomic E-state index is 2.34. The number of hydrogen-bond donors (Lipinski definition) is 0. The van der Waals surface area contributed by atoms with Crippen LogP contribution >= 0.6 is 0 Å². The van der Waals surface area contributed by atoms with Crippen molar-refractivity contribution >= 4 is 0 Å². The van der Waals surface area contributed by atoms with Crippen LogP contribution in [0.15, 0.2) is 0 Å². The van der Waals surface area contributed by atoms with E-state index in [9.17, 15) is 0 Å². The van der Waals surface area contributed by atoms with Gasteiger partial charge in [-0.25, -0.2) is 0 Å². The van der Waals surface area contributed by atoms with Crippen molar-refractivity contribution in [3.05, 3.63) is 0 Å². The minimum Gasteiger partial charge on any atom is -0.0651 e. The van der Waals surface area contributed by atoms with Gasteiger partial charge < -0.3 is 0 Å². The van der Waals surface area contributed by atoms with Crippen LogP contribution in [0.3, 0.4) is 0 Å². The van der Waals surface area contributed by atoms with Crippen LogP contribution < -0.4 is 0 Å². The van der Waals surface area contributed by atoms with E-state index in [4.69, 9.17) is 0 Å². The van der Waals surface area contributed by atoms with Gasteiger partial charge in [0.15, 0.2) is 0 Å². The second kappa shape index (κ2) is 13.2. The van der Waals surface area contributed by atoms with Gasteiger partial charge in [-0.2, -0.15) is 0 Å². The fraction of sp³-hybridized carbons (Fsp3) is 1.00. The van der Waals surface area contributed by atoms with Crippen molar-refractivity contribution < 1.29 is 0 Å². The van der Waals surface area contributed by atoms with Crippen LogP contribution in [-0.2, 0) is 0 Å². The molecule has 2 atom stereocenters. The summed E-state index contributed by atoms with van der Waals surface area (Å²) in [6.07, 6.45) is 3.96. The van der Waals surface area contributed by atoms with Crippen molar-refractivity contribution in [1.29, 1.82) is 0 Å². The molecule has 0 nitrogen and oxygen atoms in total. The van der Waals surface area contributed by atoms with E-state index in [2.05, 4.69) is 111 Å². The van der Waals surface area contributed by atoms with E-state index >= 15 is 0 Å². The molecule has 0 amide bonds. The SMILES string of the molecule is CC(C)C(C)CC(C)(C)C.CC(C)CC(C)(C)C.CCC(C)C(C)(C)C. The summed E-state index contributed by atoms with van der Waals surface area (Å²) in [7, 11) is 0. The van der Waals surface area contributed by atoms with Crippen molar-refractivity contribution in [3.63, 3.8) is 0 Å². The summed E-state index contributed by atoms with van der Waals surface area (Å²) >= 11 is 0. The molecule has 0 aromatic heterocycles. The lowest BCUT2D eigenvalue weighted by atomic mass is 9.81. The fourth-order valence-electron chi connectivity index (χ4n) is 3.04. The molecule has 0 aromatic carbocycles. The Morgan fingerprint density at radius 3 is 0.962 bits per heavy atom. The molecule has 0 saturated heterocycles. The summed E-state index contributed by atoms with van der Waals surface area (Å²) < 4.78 is 0. The molecule has 0 fully saturated rings. The predicted molar refractivity (Wildman–Crippen MR) is 126 cm³/mol. The third kappa shape index (κ3) is 26.2. The molecule has 0 bridgehead atoms. The highest BCUT2D eigenvalue weighted by Crippen LogP contribution is 2.28. The summed E-state index contributed by atoms with van der Waals surface area (Å²) in [6.45, 7) is 36.7. The van der Waals surface area contributed by atoms with Crippen LogP contribution in [0.25, 0.3) is 0 Å². The van der Waals surface area contributed by atoms with Crippen molar-refractivity contribution in [2.24, 2.45) is 39.9 Å². The normalized spacial score (nSPS) is 15.0. The number of hydrogen-bond acceptors (Lipinski definition) is 0. The Labute approximate surface area is 170 Å².